The topological polar surface area (TPSA) is 69.3 Å². The van der Waals surface area contributed by atoms with Gasteiger partial charge in [-0.15, -0.1) is 0 Å². The van der Waals surface area contributed by atoms with Gasteiger partial charge in [-0.05, 0) is 66.1 Å². The molecule has 2 amide bonds. The van der Waals surface area contributed by atoms with Crippen molar-refractivity contribution in [3.63, 3.8) is 0 Å². The van der Waals surface area contributed by atoms with Gasteiger partial charge >= 0.3 is 6.03 Å². The maximum atomic E-state index is 13.3. The van der Waals surface area contributed by atoms with E-state index in [1.165, 1.54) is 0 Å². The van der Waals surface area contributed by atoms with Gasteiger partial charge in [0.1, 0.15) is 6.61 Å². The number of hydrogen-bond acceptors (Lipinski definition) is 5. The number of amides is 2. The molecule has 0 fully saturated rings. The monoisotopic (exact) mass is 482 g/mol. The molecule has 34 heavy (non-hydrogen) atoms. The molecule has 0 aliphatic carbocycles. The van der Waals surface area contributed by atoms with Crippen LogP contribution in [0.5, 0.6) is 23.0 Å². The van der Waals surface area contributed by atoms with E-state index in [-0.39, 0.29) is 18.7 Å². The lowest BCUT2D eigenvalue weighted by molar-refractivity contribution is 0.142. The van der Waals surface area contributed by atoms with Crippen molar-refractivity contribution in [2.45, 2.75) is 12.5 Å². The number of anilines is 1. The SMILES string of the molecule is COc1cc2c(cc1OC)[C@H](COc1ccccc1OC)N(C(=O)Nc1ccc(Cl)cc1)CC2. The Morgan fingerprint density at radius 2 is 1.59 bits per heavy atom. The summed E-state index contributed by atoms with van der Waals surface area (Å²) in [4.78, 5) is 15.1. The predicted molar refractivity (Wildman–Crippen MR) is 132 cm³/mol. The van der Waals surface area contributed by atoms with E-state index in [1.54, 1.807) is 50.5 Å². The summed E-state index contributed by atoms with van der Waals surface area (Å²) in [5.41, 5.74) is 2.70. The summed E-state index contributed by atoms with van der Waals surface area (Å²) >= 11 is 5.98. The average molecular weight is 483 g/mol. The summed E-state index contributed by atoms with van der Waals surface area (Å²) in [5.74, 6) is 2.49. The lowest BCUT2D eigenvalue weighted by atomic mass is 9.92. The van der Waals surface area contributed by atoms with E-state index in [1.807, 2.05) is 36.4 Å². The van der Waals surface area contributed by atoms with Gasteiger partial charge < -0.3 is 29.2 Å². The molecule has 0 aromatic heterocycles. The molecule has 0 saturated heterocycles. The Bertz CT molecular complexity index is 1150. The normalized spacial score (nSPS) is 14.7. The molecule has 1 aliphatic heterocycles. The number of hydrogen-bond donors (Lipinski definition) is 1. The number of methoxy groups -OCH3 is 3. The summed E-state index contributed by atoms with van der Waals surface area (Å²) < 4.78 is 22.6. The molecule has 1 heterocycles. The fourth-order valence-electron chi connectivity index (χ4n) is 4.09. The maximum Gasteiger partial charge on any atom is 0.322 e. The molecule has 0 spiro atoms. The first-order valence-corrected chi connectivity index (χ1v) is 11.3. The minimum Gasteiger partial charge on any atom is -0.493 e. The van der Waals surface area contributed by atoms with E-state index >= 15 is 0 Å². The van der Waals surface area contributed by atoms with Crippen LogP contribution in [0.4, 0.5) is 10.5 Å². The van der Waals surface area contributed by atoms with E-state index in [0.717, 1.165) is 11.1 Å². The van der Waals surface area contributed by atoms with Gasteiger partial charge in [0.05, 0.1) is 27.4 Å². The number of nitrogens with zero attached hydrogens (tertiary/aromatic N) is 1. The van der Waals surface area contributed by atoms with Crippen molar-refractivity contribution < 1.29 is 23.7 Å². The average Bonchev–Trinajstić information content (AvgIpc) is 2.87. The van der Waals surface area contributed by atoms with Gasteiger partial charge in [0.2, 0.25) is 0 Å². The molecule has 1 aliphatic rings. The minimum absolute atomic E-state index is 0.226. The number of rotatable bonds is 7. The summed E-state index contributed by atoms with van der Waals surface area (Å²) in [5, 5.41) is 3.57. The highest BCUT2D eigenvalue weighted by Crippen LogP contribution is 2.39. The molecule has 0 bridgehead atoms. The van der Waals surface area contributed by atoms with Crippen LogP contribution in [0.3, 0.4) is 0 Å². The third-order valence-corrected chi connectivity index (χ3v) is 6.08. The number of carbonyl (C=O) groups is 1. The minimum atomic E-state index is -0.360. The van der Waals surface area contributed by atoms with Crippen LogP contribution in [0.15, 0.2) is 60.7 Å². The lowest BCUT2D eigenvalue weighted by Crippen LogP contribution is -2.44. The second kappa shape index (κ2) is 10.6. The Balaban J connectivity index is 1.66. The highest BCUT2D eigenvalue weighted by molar-refractivity contribution is 6.30. The Morgan fingerprint density at radius 3 is 2.26 bits per heavy atom. The number of para-hydroxylation sites is 2. The second-order valence-corrected chi connectivity index (χ2v) is 8.20. The van der Waals surface area contributed by atoms with Gasteiger partial charge in [-0.25, -0.2) is 4.79 Å². The van der Waals surface area contributed by atoms with Crippen LogP contribution in [0, 0.1) is 0 Å². The zero-order valence-corrected chi connectivity index (χ0v) is 20.1. The van der Waals surface area contributed by atoms with Crippen molar-refractivity contribution in [2.75, 3.05) is 39.8 Å². The molecule has 3 aromatic carbocycles. The molecular weight excluding hydrogens is 456 g/mol. The lowest BCUT2D eigenvalue weighted by Gasteiger charge is -2.37. The van der Waals surface area contributed by atoms with Gasteiger partial charge in [0.25, 0.3) is 0 Å². The Morgan fingerprint density at radius 1 is 0.941 bits per heavy atom. The standard InChI is InChI=1S/C26H27ClN2O5/c1-31-22-6-4-5-7-23(22)34-16-21-20-15-25(33-3)24(32-2)14-17(20)12-13-29(21)26(30)28-19-10-8-18(27)9-11-19/h4-11,14-15,21H,12-13,16H2,1-3H3,(H,28,30)/t21-/m0/s1. The van der Waals surface area contributed by atoms with Crippen LogP contribution in [0.1, 0.15) is 17.2 Å². The van der Waals surface area contributed by atoms with E-state index in [4.69, 9.17) is 30.5 Å². The van der Waals surface area contributed by atoms with Gasteiger partial charge in [-0.3, -0.25) is 0 Å². The molecule has 178 valence electrons. The van der Waals surface area contributed by atoms with Crippen molar-refractivity contribution in [1.82, 2.24) is 4.90 Å². The predicted octanol–water partition coefficient (Wildman–Crippen LogP) is 5.58. The zero-order chi connectivity index (χ0) is 24.1. The summed E-state index contributed by atoms with van der Waals surface area (Å²) in [7, 11) is 4.81. The fraction of sp³-hybridized carbons (Fsp3) is 0.269. The number of benzene rings is 3. The molecule has 4 rings (SSSR count). The van der Waals surface area contributed by atoms with E-state index in [0.29, 0.717) is 46.7 Å². The first-order valence-electron chi connectivity index (χ1n) is 10.9. The molecule has 1 atom stereocenters. The third-order valence-electron chi connectivity index (χ3n) is 5.82. The molecule has 1 N–H and O–H groups in total. The number of ether oxygens (including phenoxy) is 4. The Labute approximate surface area is 204 Å². The van der Waals surface area contributed by atoms with Gasteiger partial charge in [-0.1, -0.05) is 23.7 Å². The molecule has 8 heteroatoms. The first-order chi connectivity index (χ1) is 16.5. The van der Waals surface area contributed by atoms with Gasteiger partial charge in [-0.2, -0.15) is 0 Å². The Kier molecular flexibility index (Phi) is 7.33. The van der Waals surface area contributed by atoms with Crippen LogP contribution in [-0.4, -0.2) is 45.4 Å². The maximum absolute atomic E-state index is 13.3. The zero-order valence-electron chi connectivity index (χ0n) is 19.3. The number of carbonyl (C=O) groups excluding carboxylic acids is 1. The van der Waals surface area contributed by atoms with Crippen molar-refractivity contribution in [1.29, 1.82) is 0 Å². The van der Waals surface area contributed by atoms with E-state index in [9.17, 15) is 4.79 Å². The molecule has 0 unspecified atom stereocenters. The van der Waals surface area contributed by atoms with Crippen molar-refractivity contribution in [2.24, 2.45) is 0 Å². The fourth-order valence-corrected chi connectivity index (χ4v) is 4.21. The largest absolute Gasteiger partial charge is 0.493 e. The van der Waals surface area contributed by atoms with Crippen LogP contribution in [0.25, 0.3) is 0 Å². The van der Waals surface area contributed by atoms with Gasteiger partial charge in [0.15, 0.2) is 23.0 Å². The van der Waals surface area contributed by atoms with E-state index < -0.39 is 0 Å². The number of fused-ring (bicyclic) bond motifs is 1. The summed E-state index contributed by atoms with van der Waals surface area (Å²) in [6.07, 6.45) is 0.675. The molecule has 0 radical (unpaired) electrons. The highest BCUT2D eigenvalue weighted by Gasteiger charge is 2.33. The smallest absolute Gasteiger partial charge is 0.322 e. The third kappa shape index (κ3) is 4.99. The number of nitrogens with one attached hydrogen (secondary N) is 1. The second-order valence-electron chi connectivity index (χ2n) is 7.76. The number of urea groups is 1. The van der Waals surface area contributed by atoms with E-state index in [2.05, 4.69) is 5.32 Å². The summed E-state index contributed by atoms with van der Waals surface area (Å²) in [6, 6.07) is 17.8. The molecule has 7 nitrogen and oxygen atoms in total. The van der Waals surface area contributed by atoms with Crippen molar-refractivity contribution >= 4 is 23.3 Å². The molecule has 0 saturated carbocycles. The van der Waals surface area contributed by atoms with Crippen molar-refractivity contribution in [3.8, 4) is 23.0 Å². The highest BCUT2D eigenvalue weighted by atomic mass is 35.5. The molecular formula is C26H27ClN2O5. The summed E-state index contributed by atoms with van der Waals surface area (Å²) in [6.45, 7) is 0.749. The number of halogens is 1. The Hall–Kier alpha value is -3.58. The van der Waals surface area contributed by atoms with Crippen LogP contribution in [0.2, 0.25) is 5.02 Å². The quantitative estimate of drug-likeness (QED) is 0.476. The van der Waals surface area contributed by atoms with Crippen LogP contribution in [-0.2, 0) is 6.42 Å². The van der Waals surface area contributed by atoms with Crippen LogP contribution >= 0.6 is 11.6 Å². The van der Waals surface area contributed by atoms with Crippen molar-refractivity contribution in [3.05, 3.63) is 76.8 Å². The first kappa shape index (κ1) is 23.6. The van der Waals surface area contributed by atoms with Gasteiger partial charge in [0, 0.05) is 17.3 Å². The van der Waals surface area contributed by atoms with Crippen LogP contribution < -0.4 is 24.3 Å². The molecule has 3 aromatic rings.